The molecule has 1 saturated carbocycles. The zero-order chi connectivity index (χ0) is 11.4. The van der Waals surface area contributed by atoms with Gasteiger partial charge in [-0.05, 0) is 38.4 Å². The number of aryl methyl sites for hydroxylation is 1. The van der Waals surface area contributed by atoms with Crippen LogP contribution >= 0.6 is 0 Å². The highest BCUT2D eigenvalue weighted by molar-refractivity contribution is 5.10. The lowest BCUT2D eigenvalue weighted by Gasteiger charge is -2.25. The first kappa shape index (κ1) is 11.6. The Morgan fingerprint density at radius 3 is 2.88 bits per heavy atom. The van der Waals surface area contributed by atoms with Crippen molar-refractivity contribution in [2.75, 3.05) is 13.6 Å². The minimum absolute atomic E-state index is 0.697. The first-order chi connectivity index (χ1) is 7.83. The molecule has 0 spiro atoms. The molecule has 16 heavy (non-hydrogen) atoms. The molecule has 0 aromatic carbocycles. The van der Waals surface area contributed by atoms with Gasteiger partial charge in [0, 0.05) is 24.9 Å². The van der Waals surface area contributed by atoms with E-state index in [0.29, 0.717) is 5.92 Å². The highest BCUT2D eigenvalue weighted by Crippen LogP contribution is 2.35. The third-order valence-electron chi connectivity index (χ3n) is 3.86. The SMILES string of the molecule is CNCC1CCCCCC1c1ccnn1C. The number of hydrogen-bond acceptors (Lipinski definition) is 2. The highest BCUT2D eigenvalue weighted by Gasteiger charge is 2.26. The molecule has 1 N–H and O–H groups in total. The topological polar surface area (TPSA) is 29.9 Å². The molecule has 1 heterocycles. The fraction of sp³-hybridized carbons (Fsp3) is 0.769. The van der Waals surface area contributed by atoms with Crippen LogP contribution in [0.2, 0.25) is 0 Å². The molecule has 1 aliphatic carbocycles. The molecule has 3 heteroatoms. The fourth-order valence-electron chi connectivity index (χ4n) is 3.03. The second kappa shape index (κ2) is 5.48. The van der Waals surface area contributed by atoms with Crippen LogP contribution in [0.25, 0.3) is 0 Å². The lowest BCUT2D eigenvalue weighted by atomic mass is 9.85. The minimum Gasteiger partial charge on any atom is -0.319 e. The maximum atomic E-state index is 4.31. The Kier molecular flexibility index (Phi) is 3.99. The van der Waals surface area contributed by atoms with E-state index in [2.05, 4.69) is 35.3 Å². The van der Waals surface area contributed by atoms with Gasteiger partial charge in [0.2, 0.25) is 0 Å². The van der Waals surface area contributed by atoms with Gasteiger partial charge in [0.05, 0.1) is 0 Å². The molecule has 1 aliphatic rings. The number of hydrogen-bond donors (Lipinski definition) is 1. The van der Waals surface area contributed by atoms with Gasteiger partial charge in [-0.1, -0.05) is 19.3 Å². The zero-order valence-electron chi connectivity index (χ0n) is 10.4. The van der Waals surface area contributed by atoms with Crippen LogP contribution in [0.1, 0.15) is 43.7 Å². The Balaban J connectivity index is 2.17. The summed E-state index contributed by atoms with van der Waals surface area (Å²) in [6.07, 6.45) is 8.77. The Morgan fingerprint density at radius 1 is 1.38 bits per heavy atom. The van der Waals surface area contributed by atoms with Crippen molar-refractivity contribution in [3.05, 3.63) is 18.0 Å². The van der Waals surface area contributed by atoms with Gasteiger partial charge in [-0.15, -0.1) is 0 Å². The van der Waals surface area contributed by atoms with Crippen LogP contribution in [-0.2, 0) is 7.05 Å². The summed E-state index contributed by atoms with van der Waals surface area (Å²) >= 11 is 0. The van der Waals surface area contributed by atoms with Gasteiger partial charge in [-0.25, -0.2) is 0 Å². The molecule has 1 aromatic rings. The molecule has 2 unspecified atom stereocenters. The van der Waals surface area contributed by atoms with Crippen molar-refractivity contribution < 1.29 is 0 Å². The maximum Gasteiger partial charge on any atom is 0.0492 e. The Morgan fingerprint density at radius 2 is 2.19 bits per heavy atom. The molecule has 1 fully saturated rings. The summed E-state index contributed by atoms with van der Waals surface area (Å²) in [6, 6.07) is 2.19. The van der Waals surface area contributed by atoms with Crippen LogP contribution in [-0.4, -0.2) is 23.4 Å². The van der Waals surface area contributed by atoms with Gasteiger partial charge in [0.1, 0.15) is 0 Å². The molecule has 0 radical (unpaired) electrons. The third kappa shape index (κ3) is 2.46. The number of nitrogens with zero attached hydrogens (tertiary/aromatic N) is 2. The molecule has 2 rings (SSSR count). The monoisotopic (exact) mass is 221 g/mol. The maximum absolute atomic E-state index is 4.31. The highest BCUT2D eigenvalue weighted by atomic mass is 15.3. The molecule has 1 aromatic heterocycles. The van der Waals surface area contributed by atoms with Crippen LogP contribution in [0.5, 0.6) is 0 Å². The van der Waals surface area contributed by atoms with Crippen LogP contribution in [0, 0.1) is 5.92 Å². The van der Waals surface area contributed by atoms with E-state index in [1.807, 2.05) is 6.20 Å². The third-order valence-corrected chi connectivity index (χ3v) is 3.86. The number of nitrogens with one attached hydrogen (secondary N) is 1. The molecule has 3 nitrogen and oxygen atoms in total. The Bertz CT molecular complexity index is 319. The van der Waals surface area contributed by atoms with Crippen molar-refractivity contribution in [3.8, 4) is 0 Å². The summed E-state index contributed by atoms with van der Waals surface area (Å²) in [7, 11) is 4.13. The first-order valence-electron chi connectivity index (χ1n) is 6.45. The van der Waals surface area contributed by atoms with Gasteiger partial charge in [0.25, 0.3) is 0 Å². The van der Waals surface area contributed by atoms with Crippen molar-refractivity contribution in [2.24, 2.45) is 13.0 Å². The normalized spacial score (nSPS) is 26.6. The van der Waals surface area contributed by atoms with Crippen LogP contribution < -0.4 is 5.32 Å². The van der Waals surface area contributed by atoms with Crippen LogP contribution in [0.4, 0.5) is 0 Å². The molecule has 0 aliphatic heterocycles. The minimum atomic E-state index is 0.697. The van der Waals surface area contributed by atoms with Crippen molar-refractivity contribution in [1.82, 2.24) is 15.1 Å². The van der Waals surface area contributed by atoms with E-state index < -0.39 is 0 Å². The Labute approximate surface area is 98.2 Å². The lowest BCUT2D eigenvalue weighted by molar-refractivity contribution is 0.371. The molecule has 0 bridgehead atoms. The van der Waals surface area contributed by atoms with Gasteiger partial charge >= 0.3 is 0 Å². The fourth-order valence-corrected chi connectivity index (χ4v) is 3.03. The summed E-state index contributed by atoms with van der Waals surface area (Å²) in [6.45, 7) is 1.13. The van der Waals surface area contributed by atoms with Gasteiger partial charge < -0.3 is 5.32 Å². The van der Waals surface area contributed by atoms with E-state index in [0.717, 1.165) is 12.5 Å². The number of rotatable bonds is 3. The van der Waals surface area contributed by atoms with Gasteiger partial charge in [-0.3, -0.25) is 4.68 Å². The van der Waals surface area contributed by atoms with Crippen LogP contribution in [0.15, 0.2) is 12.3 Å². The first-order valence-corrected chi connectivity index (χ1v) is 6.45. The molecular formula is C13H23N3. The second-order valence-corrected chi connectivity index (χ2v) is 4.94. The van der Waals surface area contributed by atoms with E-state index in [9.17, 15) is 0 Å². The average molecular weight is 221 g/mol. The summed E-state index contributed by atoms with van der Waals surface area (Å²) in [5.41, 5.74) is 1.42. The van der Waals surface area contributed by atoms with E-state index in [1.165, 1.54) is 37.8 Å². The molecule has 0 amide bonds. The predicted molar refractivity (Wildman–Crippen MR) is 66.5 cm³/mol. The van der Waals surface area contributed by atoms with E-state index >= 15 is 0 Å². The summed E-state index contributed by atoms with van der Waals surface area (Å²) in [5.74, 6) is 1.48. The largest absolute Gasteiger partial charge is 0.319 e. The van der Waals surface area contributed by atoms with E-state index in [1.54, 1.807) is 0 Å². The van der Waals surface area contributed by atoms with Crippen molar-refractivity contribution in [2.45, 2.75) is 38.0 Å². The van der Waals surface area contributed by atoms with Crippen molar-refractivity contribution >= 4 is 0 Å². The van der Waals surface area contributed by atoms with E-state index in [-0.39, 0.29) is 0 Å². The van der Waals surface area contributed by atoms with Gasteiger partial charge in [0.15, 0.2) is 0 Å². The molecule has 90 valence electrons. The molecular weight excluding hydrogens is 198 g/mol. The number of aromatic nitrogens is 2. The van der Waals surface area contributed by atoms with E-state index in [4.69, 9.17) is 0 Å². The van der Waals surface area contributed by atoms with Gasteiger partial charge in [-0.2, -0.15) is 5.10 Å². The van der Waals surface area contributed by atoms with Crippen molar-refractivity contribution in [3.63, 3.8) is 0 Å². The Hall–Kier alpha value is -0.830. The van der Waals surface area contributed by atoms with Crippen LogP contribution in [0.3, 0.4) is 0 Å². The van der Waals surface area contributed by atoms with Crippen molar-refractivity contribution in [1.29, 1.82) is 0 Å². The predicted octanol–water partition coefficient (Wildman–Crippen LogP) is 2.30. The molecule has 2 atom stereocenters. The second-order valence-electron chi connectivity index (χ2n) is 4.94. The smallest absolute Gasteiger partial charge is 0.0492 e. The summed E-state index contributed by atoms with van der Waals surface area (Å²) in [5, 5.41) is 7.66. The quantitative estimate of drug-likeness (QED) is 0.794. The lowest BCUT2D eigenvalue weighted by Crippen LogP contribution is -2.25. The average Bonchev–Trinajstić information content (AvgIpc) is 2.56. The molecule has 0 saturated heterocycles. The standard InChI is InChI=1S/C13H23N3/c1-14-10-11-6-4-3-5-7-12(11)13-8-9-15-16(13)2/h8-9,11-12,14H,3-7,10H2,1-2H3. The summed E-state index contributed by atoms with van der Waals surface area (Å²) < 4.78 is 2.05. The summed E-state index contributed by atoms with van der Waals surface area (Å²) in [4.78, 5) is 0. The zero-order valence-corrected chi connectivity index (χ0v) is 10.4.